The topological polar surface area (TPSA) is 76.2 Å². The summed E-state index contributed by atoms with van der Waals surface area (Å²) in [6.07, 6.45) is 0. The van der Waals surface area contributed by atoms with Crippen molar-refractivity contribution in [3.05, 3.63) is 64.4 Å². The van der Waals surface area contributed by atoms with Crippen LogP contribution in [-0.2, 0) is 0 Å². The Morgan fingerprint density at radius 1 is 1.19 bits per heavy atom. The van der Waals surface area contributed by atoms with E-state index >= 15 is 0 Å². The van der Waals surface area contributed by atoms with Gasteiger partial charge in [0.15, 0.2) is 0 Å². The summed E-state index contributed by atoms with van der Waals surface area (Å²) in [5, 5.41) is 21.2. The molecule has 0 fully saturated rings. The molecule has 0 radical (unpaired) electrons. The number of rotatable bonds is 2. The summed E-state index contributed by atoms with van der Waals surface area (Å²) < 4.78 is 5.64. The molecule has 0 amide bonds. The monoisotopic (exact) mass is 278 g/mol. The van der Waals surface area contributed by atoms with Crippen molar-refractivity contribution >= 4 is 17.2 Å². The summed E-state index contributed by atoms with van der Waals surface area (Å²) in [6, 6.07) is 13.1. The van der Waals surface area contributed by atoms with Crippen molar-refractivity contribution in [2.75, 3.05) is 7.11 Å². The van der Waals surface area contributed by atoms with Crippen LogP contribution in [0.15, 0.2) is 42.5 Å². The molecule has 1 aliphatic heterocycles. The Hall–Kier alpha value is -3.13. The maximum atomic E-state index is 12.4. The van der Waals surface area contributed by atoms with Gasteiger partial charge in [-0.2, -0.15) is 10.0 Å². The number of ether oxygens (including phenoxy) is 1. The average Bonchev–Trinajstić information content (AvgIpc) is 2.78. The van der Waals surface area contributed by atoms with E-state index in [-0.39, 0.29) is 17.2 Å². The van der Waals surface area contributed by atoms with Gasteiger partial charge in [-0.3, -0.25) is 4.79 Å². The molecular formula is C16H10N2O3. The van der Waals surface area contributed by atoms with Gasteiger partial charge in [0.1, 0.15) is 11.3 Å². The van der Waals surface area contributed by atoms with E-state index in [4.69, 9.17) is 10.00 Å². The SMILES string of the molecule is COc1ccc(C2=[N+]([O-])c3cc(C#N)ccc3C2=O)cc1. The van der Waals surface area contributed by atoms with E-state index < -0.39 is 0 Å². The minimum absolute atomic E-state index is 0.0581. The van der Waals surface area contributed by atoms with E-state index in [1.165, 1.54) is 18.2 Å². The summed E-state index contributed by atoms with van der Waals surface area (Å²) in [6.45, 7) is 0. The van der Waals surface area contributed by atoms with Crippen molar-refractivity contribution in [1.82, 2.24) is 0 Å². The predicted molar refractivity (Wildman–Crippen MR) is 75.9 cm³/mol. The molecule has 1 heterocycles. The maximum absolute atomic E-state index is 12.4. The van der Waals surface area contributed by atoms with Gasteiger partial charge in [-0.15, -0.1) is 0 Å². The van der Waals surface area contributed by atoms with Gasteiger partial charge < -0.3 is 9.94 Å². The lowest BCUT2D eigenvalue weighted by atomic mass is 10.0. The molecule has 102 valence electrons. The fourth-order valence-electron chi connectivity index (χ4n) is 2.30. The summed E-state index contributed by atoms with van der Waals surface area (Å²) in [5.74, 6) is 0.307. The first-order chi connectivity index (χ1) is 10.2. The van der Waals surface area contributed by atoms with Crippen molar-refractivity contribution in [1.29, 1.82) is 5.26 Å². The zero-order valence-electron chi connectivity index (χ0n) is 11.2. The van der Waals surface area contributed by atoms with Crippen LogP contribution in [0.2, 0.25) is 0 Å². The third-order valence-corrected chi connectivity index (χ3v) is 3.37. The van der Waals surface area contributed by atoms with E-state index in [1.54, 1.807) is 31.4 Å². The van der Waals surface area contributed by atoms with Crippen molar-refractivity contribution < 1.29 is 14.3 Å². The zero-order chi connectivity index (χ0) is 15.0. The number of fused-ring (bicyclic) bond motifs is 1. The number of methoxy groups -OCH3 is 1. The Labute approximate surface area is 120 Å². The van der Waals surface area contributed by atoms with E-state index in [2.05, 4.69) is 0 Å². The minimum Gasteiger partial charge on any atom is -0.618 e. The van der Waals surface area contributed by atoms with Gasteiger partial charge in [0.2, 0.25) is 5.69 Å². The number of nitriles is 1. The van der Waals surface area contributed by atoms with Crippen LogP contribution < -0.4 is 4.74 Å². The summed E-state index contributed by atoms with van der Waals surface area (Å²) >= 11 is 0. The molecule has 0 saturated heterocycles. The Kier molecular flexibility index (Phi) is 2.92. The van der Waals surface area contributed by atoms with Gasteiger partial charge in [0.05, 0.1) is 24.3 Å². The third kappa shape index (κ3) is 1.94. The molecule has 2 aromatic rings. The van der Waals surface area contributed by atoms with Crippen LogP contribution in [0.5, 0.6) is 5.75 Å². The molecule has 0 bridgehead atoms. The number of Topliss-reactive ketones (excluding diaryl/α,β-unsaturated/α-hetero) is 1. The van der Waals surface area contributed by atoms with Crippen molar-refractivity contribution in [3.8, 4) is 11.8 Å². The second-order valence-electron chi connectivity index (χ2n) is 4.54. The molecule has 0 spiro atoms. The van der Waals surface area contributed by atoms with Crippen LogP contribution in [0.4, 0.5) is 5.69 Å². The first-order valence-corrected chi connectivity index (χ1v) is 6.23. The van der Waals surface area contributed by atoms with Gasteiger partial charge in [0.25, 0.3) is 11.5 Å². The highest BCUT2D eigenvalue weighted by atomic mass is 16.5. The van der Waals surface area contributed by atoms with Gasteiger partial charge in [-0.05, 0) is 36.4 Å². The summed E-state index contributed by atoms with van der Waals surface area (Å²) in [5.41, 5.74) is 1.45. The lowest BCUT2D eigenvalue weighted by Gasteiger charge is -2.03. The molecular weight excluding hydrogens is 268 g/mol. The molecule has 5 heteroatoms. The number of benzene rings is 2. The van der Waals surface area contributed by atoms with Crippen molar-refractivity contribution in [2.45, 2.75) is 0 Å². The van der Waals surface area contributed by atoms with E-state index in [9.17, 15) is 10.0 Å². The minimum atomic E-state index is -0.338. The molecule has 21 heavy (non-hydrogen) atoms. The third-order valence-electron chi connectivity index (χ3n) is 3.37. The largest absolute Gasteiger partial charge is 0.618 e. The van der Waals surface area contributed by atoms with E-state index in [0.717, 1.165) is 0 Å². The Bertz CT molecular complexity index is 814. The standard InChI is InChI=1S/C16H10N2O3/c1-21-12-5-3-11(4-6-12)15-16(19)13-7-2-10(9-17)8-14(13)18(15)20/h2-8H,1H3. The molecule has 0 aromatic heterocycles. The fourth-order valence-corrected chi connectivity index (χ4v) is 2.30. The van der Waals surface area contributed by atoms with Gasteiger partial charge >= 0.3 is 0 Å². The number of hydrogen-bond donors (Lipinski definition) is 0. The number of hydrogen-bond acceptors (Lipinski definition) is 4. The highest BCUT2D eigenvalue weighted by Gasteiger charge is 2.36. The second kappa shape index (κ2) is 4.76. The lowest BCUT2D eigenvalue weighted by molar-refractivity contribution is -0.355. The van der Waals surface area contributed by atoms with E-state index in [1.807, 2.05) is 6.07 Å². The normalized spacial score (nSPS) is 13.0. The van der Waals surface area contributed by atoms with Crippen LogP contribution in [0.1, 0.15) is 21.5 Å². The van der Waals surface area contributed by atoms with Crippen molar-refractivity contribution in [2.24, 2.45) is 0 Å². The molecule has 0 aliphatic carbocycles. The second-order valence-corrected chi connectivity index (χ2v) is 4.54. The smallest absolute Gasteiger partial charge is 0.272 e. The molecule has 0 saturated carbocycles. The number of carbonyl (C=O) groups excluding carboxylic acids is 1. The molecule has 0 unspecified atom stereocenters. The van der Waals surface area contributed by atoms with Crippen LogP contribution in [-0.4, -0.2) is 23.3 Å². The highest BCUT2D eigenvalue weighted by Crippen LogP contribution is 2.29. The predicted octanol–water partition coefficient (Wildman–Crippen LogP) is 2.39. The Morgan fingerprint density at radius 2 is 1.90 bits per heavy atom. The summed E-state index contributed by atoms with van der Waals surface area (Å²) in [7, 11) is 1.54. The molecule has 5 nitrogen and oxygen atoms in total. The average molecular weight is 278 g/mol. The Morgan fingerprint density at radius 3 is 2.52 bits per heavy atom. The molecule has 2 aromatic carbocycles. The van der Waals surface area contributed by atoms with E-state index in [0.29, 0.717) is 27.2 Å². The number of nitrogens with zero attached hydrogens (tertiary/aromatic N) is 2. The molecule has 0 atom stereocenters. The van der Waals surface area contributed by atoms with Crippen LogP contribution in [0.3, 0.4) is 0 Å². The quantitative estimate of drug-likeness (QED) is 0.624. The Balaban J connectivity index is 2.13. The number of carbonyl (C=O) groups is 1. The number of ketones is 1. The van der Waals surface area contributed by atoms with Gasteiger partial charge in [-0.1, -0.05) is 0 Å². The first kappa shape index (κ1) is 12.9. The maximum Gasteiger partial charge on any atom is 0.272 e. The summed E-state index contributed by atoms with van der Waals surface area (Å²) in [4.78, 5) is 12.4. The molecule has 3 rings (SSSR count). The molecule has 1 aliphatic rings. The first-order valence-electron chi connectivity index (χ1n) is 6.23. The molecule has 0 N–H and O–H groups in total. The lowest BCUT2D eigenvalue weighted by Crippen LogP contribution is -2.16. The van der Waals surface area contributed by atoms with Crippen molar-refractivity contribution in [3.63, 3.8) is 0 Å². The van der Waals surface area contributed by atoms with Crippen LogP contribution in [0.25, 0.3) is 0 Å². The van der Waals surface area contributed by atoms with Gasteiger partial charge in [0, 0.05) is 6.07 Å². The van der Waals surface area contributed by atoms with Crippen LogP contribution >= 0.6 is 0 Å². The highest BCUT2D eigenvalue weighted by molar-refractivity contribution is 6.52. The van der Waals surface area contributed by atoms with Gasteiger partial charge in [-0.25, -0.2) is 0 Å². The zero-order valence-corrected chi connectivity index (χ0v) is 11.2. The van der Waals surface area contributed by atoms with Crippen LogP contribution in [0, 0.1) is 16.5 Å². The fraction of sp³-hybridized carbons (Fsp3) is 0.0625.